The van der Waals surface area contributed by atoms with Crippen molar-refractivity contribution >= 4 is 5.91 Å². The molecule has 2 N–H and O–H groups in total. The first-order valence-electron chi connectivity index (χ1n) is 7.97. The zero-order valence-corrected chi connectivity index (χ0v) is 13.5. The van der Waals surface area contributed by atoms with Crippen LogP contribution in [0.4, 0.5) is 4.39 Å². The maximum Gasteiger partial charge on any atom is 0.261 e. The van der Waals surface area contributed by atoms with Gasteiger partial charge in [0, 0.05) is 6.54 Å². The topological polar surface area (TPSA) is 49.3 Å². The van der Waals surface area contributed by atoms with Gasteiger partial charge in [0.15, 0.2) is 5.60 Å². The fraction of sp³-hybridized carbons (Fsp3) is 0.0952. The predicted octanol–water partition coefficient (Wildman–Crippen LogP) is 3.38. The van der Waals surface area contributed by atoms with E-state index in [9.17, 15) is 14.3 Å². The summed E-state index contributed by atoms with van der Waals surface area (Å²) in [5.41, 5.74) is -0.0865. The van der Waals surface area contributed by atoms with E-state index < -0.39 is 11.5 Å². The number of halogens is 1. The second-order valence-corrected chi connectivity index (χ2v) is 5.75. The van der Waals surface area contributed by atoms with E-state index in [0.717, 1.165) is 5.56 Å². The number of carbonyl (C=O) groups excluding carboxylic acids is 1. The molecule has 0 saturated heterocycles. The zero-order valence-electron chi connectivity index (χ0n) is 13.5. The highest BCUT2D eigenvalue weighted by Gasteiger charge is 2.39. The molecule has 0 spiro atoms. The number of nitrogens with one attached hydrogen (secondary N) is 1. The van der Waals surface area contributed by atoms with Crippen molar-refractivity contribution in [1.82, 2.24) is 5.32 Å². The van der Waals surface area contributed by atoms with Crippen LogP contribution in [0.15, 0.2) is 84.9 Å². The molecule has 0 aliphatic carbocycles. The van der Waals surface area contributed by atoms with Crippen LogP contribution in [-0.4, -0.2) is 11.0 Å². The Morgan fingerprint density at radius 1 is 0.840 bits per heavy atom. The molecule has 0 bridgehead atoms. The molecule has 3 nitrogen and oxygen atoms in total. The summed E-state index contributed by atoms with van der Waals surface area (Å²) in [5.74, 6) is -0.866. The van der Waals surface area contributed by atoms with Crippen LogP contribution in [0.1, 0.15) is 16.7 Å². The summed E-state index contributed by atoms with van der Waals surface area (Å²) in [4.78, 5) is 12.9. The molecule has 0 aliphatic heterocycles. The Kier molecular flexibility index (Phi) is 4.91. The van der Waals surface area contributed by atoms with Crippen LogP contribution in [0.2, 0.25) is 0 Å². The molecule has 0 radical (unpaired) electrons. The number of aliphatic hydroxyl groups is 1. The van der Waals surface area contributed by atoms with E-state index in [4.69, 9.17) is 0 Å². The van der Waals surface area contributed by atoms with E-state index in [0.29, 0.717) is 11.1 Å². The van der Waals surface area contributed by atoms with Gasteiger partial charge in [0.2, 0.25) is 0 Å². The van der Waals surface area contributed by atoms with E-state index in [2.05, 4.69) is 5.32 Å². The lowest BCUT2D eigenvalue weighted by molar-refractivity contribution is -0.136. The first-order valence-corrected chi connectivity index (χ1v) is 7.97. The van der Waals surface area contributed by atoms with Gasteiger partial charge < -0.3 is 10.4 Å². The summed E-state index contributed by atoms with van der Waals surface area (Å²) in [6.07, 6.45) is 0. The molecule has 1 amide bonds. The maximum atomic E-state index is 13.0. The molecule has 0 saturated carbocycles. The van der Waals surface area contributed by atoms with Crippen LogP contribution in [0.25, 0.3) is 0 Å². The summed E-state index contributed by atoms with van der Waals surface area (Å²) in [6, 6.07) is 23.5. The van der Waals surface area contributed by atoms with Crippen LogP contribution >= 0.6 is 0 Å². The van der Waals surface area contributed by atoms with Crippen LogP contribution in [0.3, 0.4) is 0 Å². The molecule has 0 aromatic heterocycles. The van der Waals surface area contributed by atoms with Gasteiger partial charge in [-0.3, -0.25) is 4.79 Å². The van der Waals surface area contributed by atoms with Crippen LogP contribution in [0, 0.1) is 5.82 Å². The highest BCUT2D eigenvalue weighted by Crippen LogP contribution is 2.29. The molecule has 0 heterocycles. The molecule has 0 atom stereocenters. The number of benzene rings is 3. The van der Waals surface area contributed by atoms with Crippen molar-refractivity contribution in [2.75, 3.05) is 0 Å². The molecule has 0 unspecified atom stereocenters. The van der Waals surface area contributed by atoms with Gasteiger partial charge in [-0.2, -0.15) is 0 Å². The smallest absolute Gasteiger partial charge is 0.261 e. The average molecular weight is 335 g/mol. The zero-order chi connectivity index (χ0) is 17.7. The lowest BCUT2D eigenvalue weighted by Gasteiger charge is -2.28. The van der Waals surface area contributed by atoms with E-state index in [1.54, 1.807) is 60.7 Å². The standard InChI is InChI=1S/C21H18FNO2/c22-19-13-11-16(12-14-19)15-23-20(24)21(25,17-7-3-1-4-8-17)18-9-5-2-6-10-18/h1-14,25H,15H2,(H,23,24). The van der Waals surface area contributed by atoms with Crippen molar-refractivity contribution < 1.29 is 14.3 Å². The fourth-order valence-electron chi connectivity index (χ4n) is 2.70. The number of carbonyl (C=O) groups is 1. The summed E-state index contributed by atoms with van der Waals surface area (Å²) in [7, 11) is 0. The molecular formula is C21H18FNO2. The number of hydrogen-bond acceptors (Lipinski definition) is 2. The maximum absolute atomic E-state index is 13.0. The number of hydrogen-bond donors (Lipinski definition) is 2. The second kappa shape index (κ2) is 7.28. The quantitative estimate of drug-likeness (QED) is 0.751. The first-order chi connectivity index (χ1) is 12.1. The Morgan fingerprint density at radius 2 is 1.32 bits per heavy atom. The first kappa shape index (κ1) is 16.9. The van der Waals surface area contributed by atoms with Gasteiger partial charge in [0.25, 0.3) is 5.91 Å². The highest BCUT2D eigenvalue weighted by atomic mass is 19.1. The van der Waals surface area contributed by atoms with Gasteiger partial charge in [-0.25, -0.2) is 4.39 Å². The molecule has 3 rings (SSSR count). The third-order valence-corrected chi connectivity index (χ3v) is 4.08. The van der Waals surface area contributed by atoms with Crippen molar-refractivity contribution in [2.24, 2.45) is 0 Å². The monoisotopic (exact) mass is 335 g/mol. The molecule has 4 heteroatoms. The third kappa shape index (κ3) is 3.59. The Morgan fingerprint density at radius 3 is 1.80 bits per heavy atom. The summed E-state index contributed by atoms with van der Waals surface area (Å²) >= 11 is 0. The van der Waals surface area contributed by atoms with Crippen molar-refractivity contribution in [2.45, 2.75) is 12.1 Å². The minimum Gasteiger partial charge on any atom is -0.372 e. The van der Waals surface area contributed by atoms with Gasteiger partial charge in [-0.15, -0.1) is 0 Å². The molecular weight excluding hydrogens is 317 g/mol. The number of rotatable bonds is 5. The normalized spacial score (nSPS) is 11.1. The van der Waals surface area contributed by atoms with Gasteiger partial charge in [0.05, 0.1) is 0 Å². The Labute approximate surface area is 145 Å². The second-order valence-electron chi connectivity index (χ2n) is 5.75. The van der Waals surface area contributed by atoms with Crippen molar-refractivity contribution in [3.05, 3.63) is 107 Å². The van der Waals surface area contributed by atoms with Crippen molar-refractivity contribution in [3.8, 4) is 0 Å². The van der Waals surface area contributed by atoms with Gasteiger partial charge in [-0.05, 0) is 28.8 Å². The van der Waals surface area contributed by atoms with Crippen molar-refractivity contribution in [1.29, 1.82) is 0 Å². The minimum absolute atomic E-state index is 0.196. The lowest BCUT2D eigenvalue weighted by atomic mass is 9.85. The van der Waals surface area contributed by atoms with Gasteiger partial charge in [-0.1, -0.05) is 72.8 Å². The third-order valence-electron chi connectivity index (χ3n) is 4.08. The predicted molar refractivity (Wildman–Crippen MR) is 94.1 cm³/mol. The Hall–Kier alpha value is -2.98. The molecule has 25 heavy (non-hydrogen) atoms. The van der Waals surface area contributed by atoms with Crippen LogP contribution < -0.4 is 5.32 Å². The summed E-state index contributed by atoms with van der Waals surface area (Å²) in [5, 5.41) is 14.0. The lowest BCUT2D eigenvalue weighted by Crippen LogP contribution is -2.45. The minimum atomic E-state index is -1.80. The van der Waals surface area contributed by atoms with Gasteiger partial charge in [0.1, 0.15) is 5.82 Å². The van der Waals surface area contributed by atoms with E-state index >= 15 is 0 Å². The van der Waals surface area contributed by atoms with E-state index in [1.165, 1.54) is 12.1 Å². The van der Waals surface area contributed by atoms with Crippen LogP contribution in [-0.2, 0) is 16.9 Å². The van der Waals surface area contributed by atoms with E-state index in [1.807, 2.05) is 12.1 Å². The summed E-state index contributed by atoms with van der Waals surface area (Å²) < 4.78 is 13.0. The molecule has 0 aliphatic rings. The fourth-order valence-corrected chi connectivity index (χ4v) is 2.70. The molecule has 3 aromatic rings. The Balaban J connectivity index is 1.89. The van der Waals surface area contributed by atoms with E-state index in [-0.39, 0.29) is 12.4 Å². The van der Waals surface area contributed by atoms with Crippen LogP contribution in [0.5, 0.6) is 0 Å². The highest BCUT2D eigenvalue weighted by molar-refractivity contribution is 5.90. The molecule has 0 fully saturated rings. The average Bonchev–Trinajstić information content (AvgIpc) is 2.68. The van der Waals surface area contributed by atoms with Crippen molar-refractivity contribution in [3.63, 3.8) is 0 Å². The summed E-state index contributed by atoms with van der Waals surface area (Å²) in [6.45, 7) is 0.196. The number of amides is 1. The Bertz CT molecular complexity index is 793. The molecule has 3 aromatic carbocycles. The van der Waals surface area contributed by atoms with Gasteiger partial charge >= 0.3 is 0 Å². The molecule has 126 valence electrons. The largest absolute Gasteiger partial charge is 0.372 e. The SMILES string of the molecule is O=C(NCc1ccc(F)cc1)C(O)(c1ccccc1)c1ccccc1.